The van der Waals surface area contributed by atoms with E-state index in [0.717, 1.165) is 16.7 Å². The monoisotopic (exact) mass is 368 g/mol. The first-order chi connectivity index (χ1) is 12.9. The van der Waals surface area contributed by atoms with Crippen LogP contribution in [0.3, 0.4) is 0 Å². The number of rotatable bonds is 5. The first-order valence-corrected chi connectivity index (χ1v) is 8.86. The molecule has 0 fully saturated rings. The van der Waals surface area contributed by atoms with Gasteiger partial charge in [0.1, 0.15) is 0 Å². The number of nitrogens with one attached hydrogen (secondary N) is 2. The highest BCUT2D eigenvalue weighted by molar-refractivity contribution is 6.01. The molecule has 0 bridgehead atoms. The van der Waals surface area contributed by atoms with Crippen molar-refractivity contribution in [1.29, 1.82) is 0 Å². The Bertz CT molecular complexity index is 878. The zero-order valence-electron chi connectivity index (χ0n) is 16.0. The largest absolute Gasteiger partial charge is 0.493 e. The lowest BCUT2D eigenvalue weighted by molar-refractivity contribution is -0.126. The molecule has 1 heterocycles. The van der Waals surface area contributed by atoms with Crippen LogP contribution in [0.15, 0.2) is 36.4 Å². The van der Waals surface area contributed by atoms with Crippen molar-refractivity contribution in [3.8, 4) is 11.5 Å². The van der Waals surface area contributed by atoms with Gasteiger partial charge in [0.15, 0.2) is 11.5 Å². The average Bonchev–Trinajstić information content (AvgIpc) is 2.66. The molecule has 0 unspecified atom stereocenters. The Hall–Kier alpha value is -3.02. The molecule has 6 heteroatoms. The molecule has 0 aliphatic carbocycles. The van der Waals surface area contributed by atoms with Crippen LogP contribution in [0.4, 0.5) is 5.69 Å². The van der Waals surface area contributed by atoms with Gasteiger partial charge < -0.3 is 20.1 Å². The predicted octanol–water partition coefficient (Wildman–Crippen LogP) is 3.32. The van der Waals surface area contributed by atoms with E-state index in [1.54, 1.807) is 14.2 Å². The van der Waals surface area contributed by atoms with Crippen LogP contribution in [0.1, 0.15) is 42.0 Å². The van der Waals surface area contributed by atoms with Gasteiger partial charge in [0, 0.05) is 12.1 Å². The molecule has 0 saturated carbocycles. The third kappa shape index (κ3) is 3.74. The van der Waals surface area contributed by atoms with Crippen LogP contribution in [0.5, 0.6) is 11.5 Å². The molecule has 3 rings (SSSR count). The van der Waals surface area contributed by atoms with E-state index in [1.807, 2.05) is 50.2 Å². The minimum absolute atomic E-state index is 0.139. The summed E-state index contributed by atoms with van der Waals surface area (Å²) in [7, 11) is 3.17. The molecule has 1 aliphatic rings. The van der Waals surface area contributed by atoms with Gasteiger partial charge in [-0.25, -0.2) is 0 Å². The molecular weight excluding hydrogens is 344 g/mol. The fourth-order valence-corrected chi connectivity index (χ4v) is 3.50. The minimum Gasteiger partial charge on any atom is -0.493 e. The summed E-state index contributed by atoms with van der Waals surface area (Å²) in [6.07, 6.45) is 0.139. The maximum atomic E-state index is 12.9. The quantitative estimate of drug-likeness (QED) is 0.849. The molecule has 2 N–H and O–H groups in total. The number of amides is 2. The molecule has 0 radical (unpaired) electrons. The summed E-state index contributed by atoms with van der Waals surface area (Å²) in [5, 5.41) is 5.86. The number of hydrogen-bond donors (Lipinski definition) is 2. The van der Waals surface area contributed by atoms with E-state index < -0.39 is 5.92 Å². The third-order valence-corrected chi connectivity index (χ3v) is 4.91. The lowest BCUT2D eigenvalue weighted by Crippen LogP contribution is -2.36. The maximum Gasteiger partial charge on any atom is 0.228 e. The van der Waals surface area contributed by atoms with E-state index in [-0.39, 0.29) is 24.3 Å². The second-order valence-electron chi connectivity index (χ2n) is 6.69. The molecule has 142 valence electrons. The van der Waals surface area contributed by atoms with E-state index in [0.29, 0.717) is 17.2 Å². The smallest absolute Gasteiger partial charge is 0.228 e. The molecular formula is C21H24N2O4. The molecule has 2 amide bonds. The van der Waals surface area contributed by atoms with Gasteiger partial charge in [-0.3, -0.25) is 9.59 Å². The first-order valence-electron chi connectivity index (χ1n) is 8.86. The van der Waals surface area contributed by atoms with Crippen LogP contribution in [0, 0.1) is 6.92 Å². The Morgan fingerprint density at radius 2 is 1.85 bits per heavy atom. The van der Waals surface area contributed by atoms with Crippen molar-refractivity contribution in [3.63, 3.8) is 0 Å². The normalized spacial score (nSPS) is 16.7. The maximum absolute atomic E-state index is 12.9. The second-order valence-corrected chi connectivity index (χ2v) is 6.69. The molecule has 27 heavy (non-hydrogen) atoms. The number of benzene rings is 2. The van der Waals surface area contributed by atoms with Gasteiger partial charge in [-0.2, -0.15) is 0 Å². The summed E-state index contributed by atoms with van der Waals surface area (Å²) in [6, 6.07) is 10.9. The first kappa shape index (κ1) is 18.8. The van der Waals surface area contributed by atoms with Crippen LogP contribution in [-0.4, -0.2) is 26.0 Å². The van der Waals surface area contributed by atoms with E-state index in [1.165, 1.54) is 0 Å². The highest BCUT2D eigenvalue weighted by Crippen LogP contribution is 2.35. The van der Waals surface area contributed by atoms with Gasteiger partial charge >= 0.3 is 0 Å². The van der Waals surface area contributed by atoms with Gasteiger partial charge in [0.2, 0.25) is 11.8 Å². The van der Waals surface area contributed by atoms with Crippen LogP contribution in [-0.2, 0) is 9.59 Å². The van der Waals surface area contributed by atoms with Crippen molar-refractivity contribution in [2.45, 2.75) is 32.2 Å². The number of carbonyl (C=O) groups excluding carboxylic acids is 2. The standard InChI is InChI=1S/C21H24N2O4/c1-12-9-18(26-3)19(27-4)10-15(12)13(2)22-21(25)16-11-20(24)23-17-8-6-5-7-14(16)17/h5-10,13,16H,11H2,1-4H3,(H,22,25)(H,23,24)/t13-,16-/m1/s1. The molecule has 6 nitrogen and oxygen atoms in total. The van der Waals surface area contributed by atoms with E-state index in [4.69, 9.17) is 9.47 Å². The molecule has 0 spiro atoms. The number of para-hydroxylation sites is 1. The lowest BCUT2D eigenvalue weighted by atomic mass is 9.89. The van der Waals surface area contributed by atoms with E-state index >= 15 is 0 Å². The van der Waals surface area contributed by atoms with Crippen molar-refractivity contribution in [2.24, 2.45) is 0 Å². The Morgan fingerprint density at radius 1 is 1.19 bits per heavy atom. The van der Waals surface area contributed by atoms with Crippen molar-refractivity contribution in [2.75, 3.05) is 19.5 Å². The minimum atomic E-state index is -0.502. The number of fused-ring (bicyclic) bond motifs is 1. The molecule has 2 aromatic rings. The highest BCUT2D eigenvalue weighted by Gasteiger charge is 2.31. The number of hydrogen-bond acceptors (Lipinski definition) is 4. The number of methoxy groups -OCH3 is 2. The van der Waals surface area contributed by atoms with Gasteiger partial charge in [-0.15, -0.1) is 0 Å². The molecule has 2 aromatic carbocycles. The average molecular weight is 368 g/mol. The van der Waals surface area contributed by atoms with E-state index in [9.17, 15) is 9.59 Å². The lowest BCUT2D eigenvalue weighted by Gasteiger charge is -2.27. The van der Waals surface area contributed by atoms with Gasteiger partial charge in [-0.1, -0.05) is 18.2 Å². The van der Waals surface area contributed by atoms with E-state index in [2.05, 4.69) is 10.6 Å². The van der Waals surface area contributed by atoms with Crippen molar-refractivity contribution < 1.29 is 19.1 Å². The third-order valence-electron chi connectivity index (χ3n) is 4.91. The number of carbonyl (C=O) groups is 2. The number of anilines is 1. The van der Waals surface area contributed by atoms with Crippen molar-refractivity contribution in [1.82, 2.24) is 5.32 Å². The van der Waals surface area contributed by atoms with Crippen LogP contribution >= 0.6 is 0 Å². The zero-order chi connectivity index (χ0) is 19.6. The second kappa shape index (κ2) is 7.70. The molecule has 0 aromatic heterocycles. The number of aryl methyl sites for hydroxylation is 1. The summed E-state index contributed by atoms with van der Waals surface area (Å²) < 4.78 is 10.7. The Labute approximate surface area is 158 Å². The summed E-state index contributed by atoms with van der Waals surface area (Å²) >= 11 is 0. The molecule has 1 aliphatic heterocycles. The summed E-state index contributed by atoms with van der Waals surface area (Å²) in [5.74, 6) is 0.442. The van der Waals surface area contributed by atoms with Gasteiger partial charge in [-0.05, 0) is 48.7 Å². The van der Waals surface area contributed by atoms with Crippen LogP contribution < -0.4 is 20.1 Å². The van der Waals surface area contributed by atoms with Crippen LogP contribution in [0.25, 0.3) is 0 Å². The topological polar surface area (TPSA) is 76.7 Å². The summed E-state index contributed by atoms with van der Waals surface area (Å²) in [4.78, 5) is 24.9. The zero-order valence-corrected chi connectivity index (χ0v) is 16.0. The highest BCUT2D eigenvalue weighted by atomic mass is 16.5. The molecule has 0 saturated heterocycles. The number of ether oxygens (including phenoxy) is 2. The Kier molecular flexibility index (Phi) is 5.35. The Morgan fingerprint density at radius 3 is 2.56 bits per heavy atom. The Balaban J connectivity index is 1.84. The van der Waals surface area contributed by atoms with Crippen LogP contribution in [0.2, 0.25) is 0 Å². The SMILES string of the molecule is COc1cc(C)c([C@@H](C)NC(=O)[C@@H]2CC(=O)Nc3ccccc32)cc1OC. The summed E-state index contributed by atoms with van der Waals surface area (Å²) in [5.41, 5.74) is 3.46. The fourth-order valence-electron chi connectivity index (χ4n) is 3.50. The van der Waals surface area contributed by atoms with Gasteiger partial charge in [0.25, 0.3) is 0 Å². The molecule has 2 atom stereocenters. The fraction of sp³-hybridized carbons (Fsp3) is 0.333. The summed E-state index contributed by atoms with van der Waals surface area (Å²) in [6.45, 7) is 3.88. The van der Waals surface area contributed by atoms with Crippen molar-refractivity contribution >= 4 is 17.5 Å². The van der Waals surface area contributed by atoms with Crippen molar-refractivity contribution in [3.05, 3.63) is 53.1 Å². The predicted molar refractivity (Wildman–Crippen MR) is 103 cm³/mol. The van der Waals surface area contributed by atoms with Gasteiger partial charge in [0.05, 0.1) is 26.2 Å².